The Morgan fingerprint density at radius 2 is 1.80 bits per heavy atom. The van der Waals surface area contributed by atoms with Gasteiger partial charge in [0.1, 0.15) is 5.82 Å². The third-order valence-electron chi connectivity index (χ3n) is 5.00. The number of benzene rings is 1. The van der Waals surface area contributed by atoms with Gasteiger partial charge in [0.05, 0.1) is 6.04 Å². The molecule has 1 aliphatic heterocycles. The molecule has 1 aromatic carbocycles. The molecular formula is C17H27FN2. The Labute approximate surface area is 122 Å². The van der Waals surface area contributed by atoms with Crippen LogP contribution < -0.4 is 5.32 Å². The first-order valence-corrected chi connectivity index (χ1v) is 7.86. The third kappa shape index (κ3) is 2.61. The summed E-state index contributed by atoms with van der Waals surface area (Å²) >= 11 is 0. The van der Waals surface area contributed by atoms with Crippen molar-refractivity contribution in [1.82, 2.24) is 10.2 Å². The molecule has 1 aromatic rings. The number of likely N-dealkylation sites (tertiary alicyclic amines) is 1. The van der Waals surface area contributed by atoms with E-state index in [2.05, 4.69) is 24.1 Å². The maximum absolute atomic E-state index is 14.3. The van der Waals surface area contributed by atoms with E-state index in [0.29, 0.717) is 0 Å². The maximum atomic E-state index is 14.3. The summed E-state index contributed by atoms with van der Waals surface area (Å²) in [5.74, 6) is -0.0997. The highest BCUT2D eigenvalue weighted by Crippen LogP contribution is 2.39. The number of likely N-dealkylation sites (N-methyl/N-ethyl adjacent to an activating group) is 1. The van der Waals surface area contributed by atoms with Crippen molar-refractivity contribution in [2.75, 3.05) is 20.1 Å². The zero-order valence-electron chi connectivity index (χ0n) is 13.0. The van der Waals surface area contributed by atoms with E-state index in [1.165, 1.54) is 12.8 Å². The van der Waals surface area contributed by atoms with Crippen molar-refractivity contribution in [1.29, 1.82) is 0 Å². The van der Waals surface area contributed by atoms with Crippen molar-refractivity contribution < 1.29 is 4.39 Å². The fourth-order valence-corrected chi connectivity index (χ4v) is 3.87. The summed E-state index contributed by atoms with van der Waals surface area (Å²) in [6.07, 6.45) is 4.58. The minimum atomic E-state index is -0.0997. The van der Waals surface area contributed by atoms with Crippen molar-refractivity contribution >= 4 is 0 Å². The Hall–Kier alpha value is -0.930. The van der Waals surface area contributed by atoms with Crippen LogP contribution in [-0.2, 0) is 0 Å². The molecule has 20 heavy (non-hydrogen) atoms. The molecule has 1 unspecified atom stereocenters. The Morgan fingerprint density at radius 1 is 1.20 bits per heavy atom. The topological polar surface area (TPSA) is 15.3 Å². The lowest BCUT2D eigenvalue weighted by molar-refractivity contribution is 0.0633. The van der Waals surface area contributed by atoms with E-state index in [-0.39, 0.29) is 17.4 Å². The zero-order valence-corrected chi connectivity index (χ0v) is 13.0. The van der Waals surface area contributed by atoms with Gasteiger partial charge in [-0.1, -0.05) is 32.0 Å². The Morgan fingerprint density at radius 3 is 2.30 bits per heavy atom. The number of hydrogen-bond donors (Lipinski definition) is 1. The van der Waals surface area contributed by atoms with Crippen molar-refractivity contribution in [3.8, 4) is 0 Å². The van der Waals surface area contributed by atoms with Crippen molar-refractivity contribution in [2.24, 2.45) is 0 Å². The number of nitrogens with one attached hydrogen (secondary N) is 1. The minimum absolute atomic E-state index is 0.00738. The molecule has 0 amide bonds. The molecule has 1 atom stereocenters. The van der Waals surface area contributed by atoms with Crippen LogP contribution in [0, 0.1) is 5.82 Å². The molecule has 2 rings (SSSR count). The molecule has 0 aromatic heterocycles. The first-order valence-electron chi connectivity index (χ1n) is 7.86. The molecule has 2 nitrogen and oxygen atoms in total. The van der Waals surface area contributed by atoms with Gasteiger partial charge in [0.25, 0.3) is 0 Å². The lowest BCUT2D eigenvalue weighted by Crippen LogP contribution is -2.54. The third-order valence-corrected chi connectivity index (χ3v) is 5.00. The Bertz CT molecular complexity index is 423. The van der Waals surface area contributed by atoms with Crippen LogP contribution in [0.25, 0.3) is 0 Å². The molecular weight excluding hydrogens is 251 g/mol. The second-order valence-electron chi connectivity index (χ2n) is 5.75. The normalized spacial score (nSPS) is 18.4. The highest BCUT2D eigenvalue weighted by molar-refractivity contribution is 5.25. The van der Waals surface area contributed by atoms with E-state index < -0.39 is 0 Å². The summed E-state index contributed by atoms with van der Waals surface area (Å²) in [6.45, 7) is 6.72. The van der Waals surface area contributed by atoms with E-state index >= 15 is 0 Å². The fourth-order valence-electron chi connectivity index (χ4n) is 3.87. The Balaban J connectivity index is 2.42. The summed E-state index contributed by atoms with van der Waals surface area (Å²) in [5.41, 5.74) is 0.804. The molecule has 0 spiro atoms. The van der Waals surface area contributed by atoms with Gasteiger partial charge in [-0.05, 0) is 51.9 Å². The summed E-state index contributed by atoms with van der Waals surface area (Å²) in [7, 11) is 1.95. The largest absolute Gasteiger partial charge is 0.311 e. The lowest BCUT2D eigenvalue weighted by atomic mass is 9.79. The predicted octanol–water partition coefficient (Wildman–Crippen LogP) is 3.74. The number of nitrogens with zero attached hydrogens (tertiary/aromatic N) is 1. The van der Waals surface area contributed by atoms with Crippen LogP contribution in [-0.4, -0.2) is 30.6 Å². The molecule has 3 heteroatoms. The van der Waals surface area contributed by atoms with Crippen molar-refractivity contribution in [3.05, 3.63) is 35.6 Å². The molecule has 0 saturated carbocycles. The van der Waals surface area contributed by atoms with E-state index in [1.807, 2.05) is 19.2 Å². The van der Waals surface area contributed by atoms with E-state index in [9.17, 15) is 4.39 Å². The highest BCUT2D eigenvalue weighted by atomic mass is 19.1. The first kappa shape index (κ1) is 15.5. The van der Waals surface area contributed by atoms with E-state index in [0.717, 1.165) is 31.5 Å². The standard InChI is InChI=1S/C17H27FN2/c1-4-17(5-2,20-12-8-9-13-20)16(19-3)14-10-6-7-11-15(14)18/h6-7,10-11,16,19H,4-5,8-9,12-13H2,1-3H3. The number of hydrogen-bond acceptors (Lipinski definition) is 2. The van der Waals surface area contributed by atoms with Gasteiger partial charge < -0.3 is 5.32 Å². The van der Waals surface area contributed by atoms with E-state index in [4.69, 9.17) is 0 Å². The molecule has 1 fully saturated rings. The lowest BCUT2D eigenvalue weighted by Gasteiger charge is -2.47. The Kier molecular flexibility index (Phi) is 5.17. The second-order valence-corrected chi connectivity index (χ2v) is 5.75. The molecule has 112 valence electrons. The SMILES string of the molecule is CCC(CC)(C(NC)c1ccccc1F)N1CCCC1. The molecule has 1 heterocycles. The van der Waals surface area contributed by atoms with Gasteiger partial charge in [0.15, 0.2) is 0 Å². The van der Waals surface area contributed by atoms with Crippen LogP contribution in [0.2, 0.25) is 0 Å². The van der Waals surface area contributed by atoms with Crippen LogP contribution in [0.4, 0.5) is 4.39 Å². The summed E-state index contributed by atoms with van der Waals surface area (Å²) in [5, 5.41) is 3.40. The molecule has 1 aliphatic rings. The van der Waals surface area contributed by atoms with Gasteiger partial charge in [-0.25, -0.2) is 4.39 Å². The van der Waals surface area contributed by atoms with Crippen LogP contribution in [0.15, 0.2) is 24.3 Å². The van der Waals surface area contributed by atoms with Crippen molar-refractivity contribution in [3.63, 3.8) is 0 Å². The second kappa shape index (κ2) is 6.68. The van der Waals surface area contributed by atoms with Gasteiger partial charge >= 0.3 is 0 Å². The maximum Gasteiger partial charge on any atom is 0.128 e. The van der Waals surface area contributed by atoms with Crippen molar-refractivity contribution in [2.45, 2.75) is 51.1 Å². The van der Waals surface area contributed by atoms with Gasteiger partial charge in [0, 0.05) is 11.1 Å². The average molecular weight is 278 g/mol. The number of halogens is 1. The fraction of sp³-hybridized carbons (Fsp3) is 0.647. The molecule has 1 saturated heterocycles. The average Bonchev–Trinajstić information content (AvgIpc) is 3.01. The predicted molar refractivity (Wildman–Crippen MR) is 82.3 cm³/mol. The first-order chi connectivity index (χ1) is 9.69. The molecule has 0 bridgehead atoms. The van der Waals surface area contributed by atoms with Gasteiger partial charge in [-0.2, -0.15) is 0 Å². The smallest absolute Gasteiger partial charge is 0.128 e. The van der Waals surface area contributed by atoms with Gasteiger partial charge in [-0.15, -0.1) is 0 Å². The molecule has 0 aliphatic carbocycles. The summed E-state index contributed by atoms with van der Waals surface area (Å²) in [6, 6.07) is 7.23. The quantitative estimate of drug-likeness (QED) is 0.852. The van der Waals surface area contributed by atoms with Crippen LogP contribution in [0.1, 0.15) is 51.1 Å². The van der Waals surface area contributed by atoms with Gasteiger partial charge in [0.2, 0.25) is 0 Å². The minimum Gasteiger partial charge on any atom is -0.311 e. The van der Waals surface area contributed by atoms with Crippen LogP contribution in [0.3, 0.4) is 0 Å². The van der Waals surface area contributed by atoms with Gasteiger partial charge in [-0.3, -0.25) is 4.90 Å². The molecule has 1 N–H and O–H groups in total. The summed E-state index contributed by atoms with van der Waals surface area (Å²) in [4.78, 5) is 2.57. The summed E-state index contributed by atoms with van der Waals surface area (Å²) < 4.78 is 14.3. The van der Waals surface area contributed by atoms with E-state index in [1.54, 1.807) is 12.1 Å². The van der Waals surface area contributed by atoms with Crippen LogP contribution >= 0.6 is 0 Å². The monoisotopic (exact) mass is 278 g/mol. The zero-order chi connectivity index (χ0) is 14.6. The highest BCUT2D eigenvalue weighted by Gasteiger charge is 2.42. The number of rotatable bonds is 6. The molecule has 0 radical (unpaired) electrons. The van der Waals surface area contributed by atoms with Crippen LogP contribution in [0.5, 0.6) is 0 Å².